The maximum atomic E-state index is 14.7. The first-order chi connectivity index (χ1) is 16.1. The van der Waals surface area contributed by atoms with Crippen LogP contribution in [0.25, 0.3) is 0 Å². The summed E-state index contributed by atoms with van der Waals surface area (Å²) in [5.41, 5.74) is 0.571. The van der Waals surface area contributed by atoms with Crippen LogP contribution in [0.2, 0.25) is 0 Å². The van der Waals surface area contributed by atoms with Gasteiger partial charge in [0.2, 0.25) is 5.82 Å². The molecule has 3 fully saturated rings. The van der Waals surface area contributed by atoms with Gasteiger partial charge >= 0.3 is 0 Å². The van der Waals surface area contributed by atoms with E-state index in [0.29, 0.717) is 11.5 Å². The Morgan fingerprint density at radius 2 is 1.36 bits per heavy atom. The van der Waals surface area contributed by atoms with Crippen LogP contribution in [0.5, 0.6) is 5.75 Å². The van der Waals surface area contributed by atoms with Gasteiger partial charge < -0.3 is 4.74 Å². The summed E-state index contributed by atoms with van der Waals surface area (Å²) in [6, 6.07) is 3.36. The summed E-state index contributed by atoms with van der Waals surface area (Å²) in [5.74, 6) is 3.04. The number of hydrogen-bond donors (Lipinski definition) is 0. The molecule has 3 aliphatic carbocycles. The van der Waals surface area contributed by atoms with Crippen molar-refractivity contribution >= 4 is 0 Å². The van der Waals surface area contributed by atoms with E-state index in [9.17, 15) is 8.78 Å². The van der Waals surface area contributed by atoms with E-state index in [1.165, 1.54) is 97.0 Å². The van der Waals surface area contributed by atoms with Crippen LogP contribution in [-0.4, -0.2) is 7.11 Å². The zero-order valence-corrected chi connectivity index (χ0v) is 21.1. The van der Waals surface area contributed by atoms with Crippen molar-refractivity contribution in [2.45, 2.75) is 116 Å². The minimum Gasteiger partial charge on any atom is -0.494 e. The molecule has 1 aromatic rings. The normalized spacial score (nSPS) is 32.4. The minimum atomic E-state index is -0.822. The summed E-state index contributed by atoms with van der Waals surface area (Å²) in [5, 5.41) is 0. The largest absolute Gasteiger partial charge is 0.494 e. The molecule has 3 saturated carbocycles. The molecule has 0 N–H and O–H groups in total. The second-order valence-corrected chi connectivity index (χ2v) is 11.6. The van der Waals surface area contributed by atoms with Crippen molar-refractivity contribution in [2.24, 2.45) is 29.6 Å². The van der Waals surface area contributed by atoms with Crippen molar-refractivity contribution in [2.75, 3.05) is 7.11 Å². The zero-order valence-electron chi connectivity index (χ0n) is 21.1. The monoisotopic (exact) mass is 460 g/mol. The molecule has 1 nitrogen and oxygen atoms in total. The van der Waals surface area contributed by atoms with Gasteiger partial charge in [-0.3, -0.25) is 0 Å². The van der Waals surface area contributed by atoms with Crippen LogP contribution in [0.4, 0.5) is 8.78 Å². The number of unbranched alkanes of at least 4 members (excludes halogenated alkanes) is 4. The molecule has 0 aliphatic heterocycles. The van der Waals surface area contributed by atoms with Gasteiger partial charge in [-0.2, -0.15) is 4.39 Å². The van der Waals surface area contributed by atoms with Crippen molar-refractivity contribution in [3.8, 4) is 5.75 Å². The first kappa shape index (κ1) is 25.0. The van der Waals surface area contributed by atoms with Gasteiger partial charge in [-0.25, -0.2) is 4.39 Å². The highest BCUT2D eigenvalue weighted by molar-refractivity contribution is 5.33. The van der Waals surface area contributed by atoms with Gasteiger partial charge in [-0.15, -0.1) is 0 Å². The van der Waals surface area contributed by atoms with E-state index in [4.69, 9.17) is 4.74 Å². The van der Waals surface area contributed by atoms with Crippen LogP contribution in [0.3, 0.4) is 0 Å². The fourth-order valence-corrected chi connectivity index (χ4v) is 7.64. The lowest BCUT2D eigenvalue weighted by atomic mass is 9.60. The number of hydrogen-bond acceptors (Lipinski definition) is 1. The zero-order chi connectivity index (χ0) is 23.2. The van der Waals surface area contributed by atoms with Gasteiger partial charge in [0, 0.05) is 0 Å². The SMILES string of the molecule is CCCCCCCC1CCC(C2CCC3CC(c4ccc(OC)c(F)c4F)CCC3C2)CC1. The van der Waals surface area contributed by atoms with Crippen LogP contribution in [0, 0.1) is 41.2 Å². The maximum Gasteiger partial charge on any atom is 0.200 e. The fourth-order valence-electron chi connectivity index (χ4n) is 7.64. The summed E-state index contributed by atoms with van der Waals surface area (Å²) in [4.78, 5) is 0. The predicted molar refractivity (Wildman–Crippen MR) is 133 cm³/mol. The first-order valence-electron chi connectivity index (χ1n) is 14.1. The Kier molecular flexibility index (Phi) is 9.11. The van der Waals surface area contributed by atoms with Gasteiger partial charge in [0.25, 0.3) is 0 Å². The Labute approximate surface area is 201 Å². The van der Waals surface area contributed by atoms with E-state index < -0.39 is 11.6 Å². The van der Waals surface area contributed by atoms with E-state index in [2.05, 4.69) is 6.92 Å². The average Bonchev–Trinajstić information content (AvgIpc) is 2.85. The van der Waals surface area contributed by atoms with Gasteiger partial charge in [0.05, 0.1) is 7.11 Å². The highest BCUT2D eigenvalue weighted by Crippen LogP contribution is 2.51. The third kappa shape index (κ3) is 6.12. The van der Waals surface area contributed by atoms with E-state index in [0.717, 1.165) is 36.5 Å². The van der Waals surface area contributed by atoms with Crippen molar-refractivity contribution in [3.63, 3.8) is 0 Å². The Morgan fingerprint density at radius 1 is 0.727 bits per heavy atom. The summed E-state index contributed by atoms with van der Waals surface area (Å²) in [7, 11) is 1.39. The van der Waals surface area contributed by atoms with E-state index >= 15 is 0 Å². The molecule has 0 bridgehead atoms. The third-order valence-corrected chi connectivity index (χ3v) is 9.66. The first-order valence-corrected chi connectivity index (χ1v) is 14.1. The van der Waals surface area contributed by atoms with Crippen LogP contribution in [0.15, 0.2) is 12.1 Å². The van der Waals surface area contributed by atoms with Crippen LogP contribution in [-0.2, 0) is 0 Å². The molecule has 4 rings (SSSR count). The smallest absolute Gasteiger partial charge is 0.200 e. The van der Waals surface area contributed by atoms with Crippen LogP contribution in [0.1, 0.15) is 121 Å². The predicted octanol–water partition coefficient (Wildman–Crippen LogP) is 9.44. The number of benzene rings is 1. The highest BCUT2D eigenvalue weighted by Gasteiger charge is 2.39. The lowest BCUT2D eigenvalue weighted by Gasteiger charge is -2.45. The molecule has 33 heavy (non-hydrogen) atoms. The standard InChI is InChI=1S/C30H46F2O/c1-3-4-5-6-7-8-21-9-11-22(12-10-21)23-13-14-25-20-26(16-15-24(25)19-23)27-17-18-28(33-2)30(32)29(27)31/h17-18,21-26H,3-16,19-20H2,1-2H3. The number of methoxy groups -OCH3 is 1. The Balaban J connectivity index is 1.23. The van der Waals surface area contributed by atoms with Gasteiger partial charge in [-0.05, 0) is 98.5 Å². The molecule has 1 aromatic carbocycles. The Bertz CT molecular complexity index is 739. The number of ether oxygens (including phenoxy) is 1. The molecular formula is C30H46F2O. The number of fused-ring (bicyclic) bond motifs is 1. The number of halogens is 2. The third-order valence-electron chi connectivity index (χ3n) is 9.66. The van der Waals surface area contributed by atoms with Crippen LogP contribution < -0.4 is 4.74 Å². The van der Waals surface area contributed by atoms with Crippen molar-refractivity contribution < 1.29 is 13.5 Å². The number of rotatable bonds is 9. The van der Waals surface area contributed by atoms with Gasteiger partial charge in [0.15, 0.2) is 11.6 Å². The second kappa shape index (κ2) is 12.0. The Hall–Kier alpha value is -1.12. The summed E-state index contributed by atoms with van der Waals surface area (Å²) in [6.45, 7) is 2.29. The van der Waals surface area contributed by atoms with Crippen molar-refractivity contribution in [1.29, 1.82) is 0 Å². The lowest BCUT2D eigenvalue weighted by molar-refractivity contribution is 0.0705. The molecule has 4 unspecified atom stereocenters. The van der Waals surface area contributed by atoms with E-state index in [1.807, 2.05) is 0 Å². The topological polar surface area (TPSA) is 9.23 Å². The average molecular weight is 461 g/mol. The molecule has 0 spiro atoms. The molecule has 3 heteroatoms. The molecule has 0 aromatic heterocycles. The second-order valence-electron chi connectivity index (χ2n) is 11.6. The quantitative estimate of drug-likeness (QED) is 0.333. The van der Waals surface area contributed by atoms with Crippen molar-refractivity contribution in [1.82, 2.24) is 0 Å². The minimum absolute atomic E-state index is 0.0108. The van der Waals surface area contributed by atoms with E-state index in [1.54, 1.807) is 12.1 Å². The lowest BCUT2D eigenvalue weighted by Crippen LogP contribution is -2.34. The molecular weight excluding hydrogens is 414 g/mol. The summed E-state index contributed by atoms with van der Waals surface area (Å²) in [6.07, 6.45) is 21.6. The summed E-state index contributed by atoms with van der Waals surface area (Å²) >= 11 is 0. The van der Waals surface area contributed by atoms with Crippen molar-refractivity contribution in [3.05, 3.63) is 29.3 Å². The Morgan fingerprint density at radius 3 is 2.09 bits per heavy atom. The fraction of sp³-hybridized carbons (Fsp3) is 0.800. The molecule has 0 radical (unpaired) electrons. The molecule has 4 atom stereocenters. The molecule has 0 amide bonds. The summed E-state index contributed by atoms with van der Waals surface area (Å²) < 4.78 is 33.9. The molecule has 0 saturated heterocycles. The molecule has 186 valence electrons. The van der Waals surface area contributed by atoms with Gasteiger partial charge in [0.1, 0.15) is 0 Å². The molecule has 0 heterocycles. The van der Waals surface area contributed by atoms with Gasteiger partial charge in [-0.1, -0.05) is 64.4 Å². The van der Waals surface area contributed by atoms with Crippen LogP contribution >= 0.6 is 0 Å². The van der Waals surface area contributed by atoms with E-state index in [-0.39, 0.29) is 11.7 Å². The highest BCUT2D eigenvalue weighted by atomic mass is 19.2. The maximum absolute atomic E-state index is 14.7. The molecule has 3 aliphatic rings.